The van der Waals surface area contributed by atoms with Crippen molar-refractivity contribution in [3.63, 3.8) is 0 Å². The molecule has 0 saturated carbocycles. The monoisotopic (exact) mass is 1650 g/mol. The molecular formula is C101H95N15O8. The Morgan fingerprint density at radius 1 is 0.500 bits per heavy atom. The van der Waals surface area contributed by atoms with Gasteiger partial charge in [0, 0.05) is 178 Å². The van der Waals surface area contributed by atoms with E-state index in [1.807, 2.05) is 226 Å². The number of H-pyrrole nitrogens is 1. The molecule has 0 radical (unpaired) electrons. The molecule has 0 saturated heterocycles. The SMILES string of the molecule is CC1CC(=O)Nc2cccc(C(=O)Cc3cccc(-n4ccnc4)c3)c2N1.C[C@@H]1CC(=O)Cc2cccc(-c3ccccc3OCc3ccccc3)c2N1.C[C@@H]1CC(=O)Nc2cccc(-c3cccc4[nH]ncc34)c2N1.C[C@@H]1CC(=O)Nc2cccc(-c3cn(C)c4cc(C#N)ccc34)c2N1.Cc1c(-c2cccc3c2N[C@H](C)CC(=O)N3)oc2ccccc12. The summed E-state index contributed by atoms with van der Waals surface area (Å²) in [5.41, 5.74) is 24.4. The Morgan fingerprint density at radius 2 is 1.02 bits per heavy atom. The minimum absolute atomic E-state index is 0.00507. The van der Waals surface area contributed by atoms with E-state index in [4.69, 9.17) is 14.4 Å². The Balaban J connectivity index is 0.000000115. The van der Waals surface area contributed by atoms with Crippen molar-refractivity contribution in [1.82, 2.24) is 24.3 Å². The third-order valence-corrected chi connectivity index (χ3v) is 22.4. The number of furan rings is 1. The fraction of sp³-hybridized carbons (Fsp3) is 0.198. The Labute approximate surface area is 718 Å². The van der Waals surface area contributed by atoms with Crippen LogP contribution in [0.25, 0.3) is 83.2 Å². The van der Waals surface area contributed by atoms with E-state index in [2.05, 4.69) is 138 Å². The molecule has 5 aliphatic heterocycles. The number of nitriles is 1. The van der Waals surface area contributed by atoms with E-state index in [1.165, 1.54) is 0 Å². The van der Waals surface area contributed by atoms with Gasteiger partial charge in [0.05, 0.1) is 75.2 Å². The van der Waals surface area contributed by atoms with Crippen molar-refractivity contribution < 1.29 is 37.9 Å². The number of rotatable bonds is 11. The summed E-state index contributed by atoms with van der Waals surface area (Å²) in [5.74, 6) is 2.02. The predicted molar refractivity (Wildman–Crippen MR) is 493 cm³/mol. The first-order valence-corrected chi connectivity index (χ1v) is 41.7. The lowest BCUT2D eigenvalue weighted by Crippen LogP contribution is -2.19. The number of carbonyl (C=O) groups excluding carboxylic acids is 6. The lowest BCUT2D eigenvalue weighted by molar-refractivity contribution is -0.119. The smallest absolute Gasteiger partial charge is 0.226 e. The highest BCUT2D eigenvalue weighted by Gasteiger charge is 2.29. The second kappa shape index (κ2) is 36.7. The number of ether oxygens (including phenoxy) is 1. The van der Waals surface area contributed by atoms with E-state index >= 15 is 0 Å². The summed E-state index contributed by atoms with van der Waals surface area (Å²) in [6.45, 7) is 12.6. The molecule has 124 heavy (non-hydrogen) atoms. The van der Waals surface area contributed by atoms with Crippen LogP contribution < -0.4 is 52.6 Å². The van der Waals surface area contributed by atoms with Crippen LogP contribution >= 0.6 is 0 Å². The Kier molecular flexibility index (Phi) is 24.4. The van der Waals surface area contributed by atoms with Gasteiger partial charge >= 0.3 is 0 Å². The number of fused-ring (bicyclic) bond motifs is 8. The summed E-state index contributed by atoms with van der Waals surface area (Å²) in [4.78, 5) is 77.0. The van der Waals surface area contributed by atoms with Gasteiger partial charge in [0.25, 0.3) is 0 Å². The normalized spacial score (nSPS) is 16.7. The second-order valence-electron chi connectivity index (χ2n) is 32.1. The number of carbonyl (C=O) groups is 6. The van der Waals surface area contributed by atoms with Crippen LogP contribution in [0.1, 0.15) is 105 Å². The van der Waals surface area contributed by atoms with Crippen molar-refractivity contribution in [3.8, 4) is 62.2 Å². The van der Waals surface area contributed by atoms with E-state index < -0.39 is 0 Å². The molecule has 20 rings (SSSR count). The number of nitrogens with zero attached hydrogens (tertiary/aromatic N) is 5. The number of imidazole rings is 1. The zero-order chi connectivity index (χ0) is 86.1. The predicted octanol–water partition coefficient (Wildman–Crippen LogP) is 20.5. The number of hydrogen-bond acceptors (Lipinski definition) is 16. The summed E-state index contributed by atoms with van der Waals surface area (Å²) in [6.07, 6.45) is 12.3. The standard InChI is InChI=1S/C24H23NO2.C21H20N4O2.C20H18N4O.C19H18N2O2.C17H16N4O/c1-17-14-20(26)15-19-10-7-12-22(24(19)25-17)21-11-5-6-13-23(21)27-16-18-8-3-2-4-9-18;1-14-10-20(27)24-18-7-3-6-17(21(18)23-14)19(26)12-15-4-2-5-16(11-15)25-9-8-22-13-25;1-12-8-19(25)23-17-5-3-4-15(20(17)22-12)16-11-24(2)18-9-13(10-21)6-7-14(16)18;1-11-10-17(22)21-15-8-5-7-14(18(15)20-11)19-12(2)13-6-3-4-9-16(13)23-19;1-10-8-16(22)20-15-7-3-5-12(17(15)19-10)11-4-2-6-14-13(11)9-18-21-14/h2-13,17,25H,14-16H2,1H3;2-9,11,13-14,23H,10,12H2,1H3,(H,24,27);3-7,9,11-12,22H,8H2,1-2H3,(H,23,25);3-9,11,20H,10H2,1-2H3,(H,21,22);2-7,9-10,19H,8H2,1H3,(H,18,21)(H,20,22)/t17-;;12-;11-;10-/m1.111/s1. The van der Waals surface area contributed by atoms with Gasteiger partial charge in [0.2, 0.25) is 23.6 Å². The van der Waals surface area contributed by atoms with Crippen molar-refractivity contribution in [2.24, 2.45) is 7.05 Å². The molecule has 4 aromatic heterocycles. The summed E-state index contributed by atoms with van der Waals surface area (Å²) < 4.78 is 16.2. The third kappa shape index (κ3) is 18.5. The van der Waals surface area contributed by atoms with Crippen LogP contribution in [-0.2, 0) is 50.5 Å². The molecule has 15 aromatic rings. The van der Waals surface area contributed by atoms with Gasteiger partial charge in [-0.05, 0) is 143 Å². The van der Waals surface area contributed by atoms with Crippen LogP contribution in [0, 0.1) is 18.3 Å². The van der Waals surface area contributed by atoms with Crippen molar-refractivity contribution in [1.29, 1.82) is 5.26 Å². The lowest BCUT2D eigenvalue weighted by atomic mass is 9.97. The van der Waals surface area contributed by atoms with Crippen LogP contribution in [0.5, 0.6) is 5.75 Å². The largest absolute Gasteiger partial charge is 0.488 e. The number of aromatic amines is 1. The number of ketones is 2. The number of nitrogens with one attached hydrogen (secondary N) is 10. The summed E-state index contributed by atoms with van der Waals surface area (Å²) in [5, 5.41) is 48.6. The van der Waals surface area contributed by atoms with Crippen LogP contribution in [0.15, 0.2) is 266 Å². The average molecular weight is 1650 g/mol. The molecule has 23 nitrogen and oxygen atoms in total. The topological polar surface area (TPSA) is 308 Å². The molecule has 11 aromatic carbocycles. The minimum atomic E-state index is -0.0496. The Bertz CT molecular complexity index is 6600. The van der Waals surface area contributed by atoms with E-state index in [-0.39, 0.29) is 71.8 Å². The molecule has 5 atom stereocenters. The van der Waals surface area contributed by atoms with Gasteiger partial charge in [-0.1, -0.05) is 152 Å². The molecule has 0 bridgehead atoms. The van der Waals surface area contributed by atoms with Gasteiger partial charge in [-0.15, -0.1) is 0 Å². The number of aromatic nitrogens is 5. The van der Waals surface area contributed by atoms with Crippen molar-refractivity contribution in [2.75, 3.05) is 47.9 Å². The van der Waals surface area contributed by atoms with Gasteiger partial charge in [-0.2, -0.15) is 10.4 Å². The molecule has 1 unspecified atom stereocenters. The van der Waals surface area contributed by atoms with E-state index in [0.29, 0.717) is 67.6 Å². The van der Waals surface area contributed by atoms with E-state index in [9.17, 15) is 28.8 Å². The highest BCUT2D eigenvalue weighted by atomic mass is 16.5. The van der Waals surface area contributed by atoms with Gasteiger partial charge in [-0.25, -0.2) is 4.98 Å². The quantitative estimate of drug-likeness (QED) is 0.0538. The maximum absolute atomic E-state index is 13.0. The molecule has 0 fully saturated rings. The Hall–Kier alpha value is -15.3. The Morgan fingerprint density at radius 3 is 1.67 bits per heavy atom. The molecule has 0 spiro atoms. The molecule has 10 N–H and O–H groups in total. The highest BCUT2D eigenvalue weighted by molar-refractivity contribution is 6.10. The van der Waals surface area contributed by atoms with Gasteiger partial charge in [-0.3, -0.25) is 33.9 Å². The molecule has 5 aliphatic rings. The molecule has 4 amide bonds. The fourth-order valence-corrected chi connectivity index (χ4v) is 16.7. The molecule has 0 aliphatic carbocycles. The summed E-state index contributed by atoms with van der Waals surface area (Å²) in [7, 11) is 1.98. The number of amides is 4. The van der Waals surface area contributed by atoms with E-state index in [0.717, 1.165) is 151 Å². The van der Waals surface area contributed by atoms with E-state index in [1.54, 1.807) is 24.7 Å². The lowest BCUT2D eigenvalue weighted by Gasteiger charge is -2.19. The van der Waals surface area contributed by atoms with Crippen molar-refractivity contribution in [2.45, 2.75) is 123 Å². The first kappa shape index (κ1) is 82.4. The summed E-state index contributed by atoms with van der Waals surface area (Å²) in [6, 6.07) is 77.8. The summed E-state index contributed by atoms with van der Waals surface area (Å²) >= 11 is 0. The number of Topliss-reactive ketones (excluding diaryl/α,β-unsaturated/α-hetero) is 2. The third-order valence-electron chi connectivity index (χ3n) is 22.4. The maximum atomic E-state index is 13.0. The number of aryl methyl sites for hydroxylation is 2. The van der Waals surface area contributed by atoms with Gasteiger partial charge < -0.3 is 66.1 Å². The zero-order valence-electron chi connectivity index (χ0n) is 69.9. The van der Waals surface area contributed by atoms with Gasteiger partial charge in [0.1, 0.15) is 29.5 Å². The number of benzene rings is 11. The van der Waals surface area contributed by atoms with Gasteiger partial charge in [0.15, 0.2) is 5.78 Å². The fourth-order valence-electron chi connectivity index (χ4n) is 16.7. The molecule has 622 valence electrons. The molecule has 9 heterocycles. The van der Waals surface area contributed by atoms with Crippen molar-refractivity contribution >= 4 is 119 Å². The maximum Gasteiger partial charge on any atom is 0.226 e. The van der Waals surface area contributed by atoms with Crippen molar-refractivity contribution in [3.05, 3.63) is 295 Å². The van der Waals surface area contributed by atoms with Crippen LogP contribution in [0.2, 0.25) is 0 Å². The second-order valence-corrected chi connectivity index (χ2v) is 32.1. The van der Waals surface area contributed by atoms with Crippen LogP contribution in [0.3, 0.4) is 0 Å². The van der Waals surface area contributed by atoms with Crippen LogP contribution in [0.4, 0.5) is 51.2 Å². The number of hydrogen-bond donors (Lipinski definition) is 10. The number of anilines is 9. The number of para-hydroxylation sites is 7. The molecular weight excluding hydrogens is 1550 g/mol. The first-order valence-electron chi connectivity index (χ1n) is 41.7. The first-order chi connectivity index (χ1) is 60.2. The zero-order valence-corrected chi connectivity index (χ0v) is 69.9. The average Bonchev–Trinajstić information content (AvgIpc) is 1.58. The molecule has 23 heteroatoms. The highest BCUT2D eigenvalue weighted by Crippen LogP contribution is 2.46. The minimum Gasteiger partial charge on any atom is -0.488 e. The van der Waals surface area contributed by atoms with Crippen LogP contribution in [-0.4, -0.2) is 89.7 Å².